The Labute approximate surface area is 146 Å². The van der Waals surface area contributed by atoms with E-state index >= 15 is 0 Å². The molecule has 0 spiro atoms. The molecule has 0 atom stereocenters. The summed E-state index contributed by atoms with van der Waals surface area (Å²) in [5.74, 6) is -0.176. The number of anilines is 1. The van der Waals surface area contributed by atoms with E-state index in [1.165, 1.54) is 4.90 Å². The molecule has 2 aromatic rings. The van der Waals surface area contributed by atoms with Crippen LogP contribution in [0.3, 0.4) is 0 Å². The van der Waals surface area contributed by atoms with Gasteiger partial charge < -0.3 is 9.64 Å². The van der Waals surface area contributed by atoms with Gasteiger partial charge in [0.2, 0.25) is 0 Å². The SMILES string of the molecule is Cc1cc(C)cc(OCCCN2C(=O)C(=O)c3cc(Cl)ccc32)c1. The minimum absolute atomic E-state index is 0.378. The van der Waals surface area contributed by atoms with Crippen LogP contribution in [0.1, 0.15) is 27.9 Å². The van der Waals surface area contributed by atoms with Crippen LogP contribution in [0.15, 0.2) is 36.4 Å². The van der Waals surface area contributed by atoms with Gasteiger partial charge >= 0.3 is 0 Å². The number of carbonyl (C=O) groups excluding carboxylic acids is 2. The van der Waals surface area contributed by atoms with E-state index in [0.717, 1.165) is 16.9 Å². The van der Waals surface area contributed by atoms with Crippen molar-refractivity contribution in [2.45, 2.75) is 20.3 Å². The van der Waals surface area contributed by atoms with E-state index in [-0.39, 0.29) is 0 Å². The zero-order valence-corrected chi connectivity index (χ0v) is 14.4. The number of aryl methyl sites for hydroxylation is 2. The Hall–Kier alpha value is -2.33. The van der Waals surface area contributed by atoms with Gasteiger partial charge in [-0.3, -0.25) is 9.59 Å². The molecule has 0 aromatic heterocycles. The molecular formula is C19H18ClNO3. The molecule has 1 amide bonds. The lowest BCUT2D eigenvalue weighted by molar-refractivity contribution is -0.114. The molecule has 0 unspecified atom stereocenters. The molecular weight excluding hydrogens is 326 g/mol. The van der Waals surface area contributed by atoms with Gasteiger partial charge in [0.15, 0.2) is 0 Å². The van der Waals surface area contributed by atoms with Crippen molar-refractivity contribution >= 4 is 29.0 Å². The quantitative estimate of drug-likeness (QED) is 0.610. The van der Waals surface area contributed by atoms with E-state index in [9.17, 15) is 9.59 Å². The maximum absolute atomic E-state index is 12.1. The second-order valence-electron chi connectivity index (χ2n) is 5.97. The zero-order chi connectivity index (χ0) is 17.3. The predicted octanol–water partition coefficient (Wildman–Crippen LogP) is 3.96. The predicted molar refractivity (Wildman–Crippen MR) is 94.2 cm³/mol. The minimum atomic E-state index is -0.501. The molecule has 0 bridgehead atoms. The molecule has 0 radical (unpaired) electrons. The van der Waals surface area contributed by atoms with Crippen LogP contribution >= 0.6 is 11.6 Å². The molecule has 0 aliphatic carbocycles. The number of amides is 1. The van der Waals surface area contributed by atoms with Crippen LogP contribution in [-0.4, -0.2) is 24.8 Å². The highest BCUT2D eigenvalue weighted by atomic mass is 35.5. The first kappa shape index (κ1) is 16.5. The molecule has 4 nitrogen and oxygen atoms in total. The van der Waals surface area contributed by atoms with Crippen molar-refractivity contribution in [2.75, 3.05) is 18.1 Å². The molecule has 1 aliphatic rings. The third kappa shape index (κ3) is 3.29. The normalized spacial score (nSPS) is 13.4. The fourth-order valence-electron chi connectivity index (χ4n) is 2.92. The molecule has 0 N–H and O–H groups in total. The smallest absolute Gasteiger partial charge is 0.299 e. The van der Waals surface area contributed by atoms with Crippen molar-refractivity contribution in [1.82, 2.24) is 0 Å². The van der Waals surface area contributed by atoms with Crippen molar-refractivity contribution in [3.63, 3.8) is 0 Å². The first-order chi connectivity index (χ1) is 11.5. The molecule has 1 aliphatic heterocycles. The van der Waals surface area contributed by atoms with Gasteiger partial charge in [-0.05, 0) is 61.7 Å². The number of halogens is 1. The van der Waals surface area contributed by atoms with Gasteiger partial charge in [0.05, 0.1) is 17.9 Å². The maximum Gasteiger partial charge on any atom is 0.299 e. The first-order valence-corrected chi connectivity index (χ1v) is 8.20. The zero-order valence-electron chi connectivity index (χ0n) is 13.6. The number of hydrogen-bond donors (Lipinski definition) is 0. The average molecular weight is 344 g/mol. The second-order valence-corrected chi connectivity index (χ2v) is 6.41. The summed E-state index contributed by atoms with van der Waals surface area (Å²) in [5.41, 5.74) is 3.30. The Balaban J connectivity index is 1.61. The molecule has 24 heavy (non-hydrogen) atoms. The summed E-state index contributed by atoms with van der Waals surface area (Å²) in [7, 11) is 0. The van der Waals surface area contributed by atoms with Gasteiger partial charge in [-0.2, -0.15) is 0 Å². The highest BCUT2D eigenvalue weighted by Gasteiger charge is 2.35. The van der Waals surface area contributed by atoms with E-state index in [1.807, 2.05) is 26.0 Å². The van der Waals surface area contributed by atoms with E-state index in [0.29, 0.717) is 35.8 Å². The van der Waals surface area contributed by atoms with Crippen LogP contribution in [0.5, 0.6) is 5.75 Å². The lowest BCUT2D eigenvalue weighted by atomic mass is 10.1. The Morgan fingerprint density at radius 1 is 1.04 bits per heavy atom. The molecule has 3 rings (SSSR count). The lowest BCUT2D eigenvalue weighted by Crippen LogP contribution is -2.31. The number of benzene rings is 2. The maximum atomic E-state index is 12.1. The monoisotopic (exact) mass is 343 g/mol. The van der Waals surface area contributed by atoms with Crippen molar-refractivity contribution in [3.05, 3.63) is 58.1 Å². The Kier molecular flexibility index (Phi) is 4.58. The van der Waals surface area contributed by atoms with E-state index in [2.05, 4.69) is 6.07 Å². The lowest BCUT2D eigenvalue weighted by Gasteiger charge is -2.16. The van der Waals surface area contributed by atoms with E-state index in [1.54, 1.807) is 18.2 Å². The molecule has 124 valence electrons. The number of fused-ring (bicyclic) bond motifs is 1. The summed E-state index contributed by atoms with van der Waals surface area (Å²) in [6.45, 7) is 4.96. The Morgan fingerprint density at radius 2 is 1.75 bits per heavy atom. The van der Waals surface area contributed by atoms with Crippen molar-refractivity contribution in [1.29, 1.82) is 0 Å². The molecule has 5 heteroatoms. The van der Waals surface area contributed by atoms with Crippen molar-refractivity contribution < 1.29 is 14.3 Å². The Morgan fingerprint density at radius 3 is 2.46 bits per heavy atom. The second kappa shape index (κ2) is 6.65. The minimum Gasteiger partial charge on any atom is -0.494 e. The van der Waals surface area contributed by atoms with Gasteiger partial charge in [-0.25, -0.2) is 0 Å². The number of carbonyl (C=O) groups is 2. The summed E-state index contributed by atoms with van der Waals surface area (Å²) in [6.07, 6.45) is 0.633. The van der Waals surface area contributed by atoms with Gasteiger partial charge in [-0.1, -0.05) is 17.7 Å². The van der Waals surface area contributed by atoms with Crippen molar-refractivity contribution in [3.8, 4) is 5.75 Å². The summed E-state index contributed by atoms with van der Waals surface area (Å²) in [4.78, 5) is 25.6. The standard InChI is InChI=1S/C19H18ClNO3/c1-12-8-13(2)10-15(9-12)24-7-3-6-21-17-5-4-14(20)11-16(17)18(22)19(21)23/h4-5,8-11H,3,6-7H2,1-2H3. The third-order valence-electron chi connectivity index (χ3n) is 3.92. The van der Waals surface area contributed by atoms with Crippen LogP contribution in [0.25, 0.3) is 0 Å². The van der Waals surface area contributed by atoms with Crippen LogP contribution in [0.4, 0.5) is 5.69 Å². The molecule has 0 saturated heterocycles. The average Bonchev–Trinajstić information content (AvgIpc) is 2.75. The van der Waals surface area contributed by atoms with Crippen molar-refractivity contribution in [2.24, 2.45) is 0 Å². The first-order valence-electron chi connectivity index (χ1n) is 7.82. The van der Waals surface area contributed by atoms with Crippen LogP contribution in [0.2, 0.25) is 5.02 Å². The summed E-state index contributed by atoms with van der Waals surface area (Å²) in [5, 5.41) is 0.454. The largest absolute Gasteiger partial charge is 0.494 e. The molecule has 0 saturated carbocycles. The number of ether oxygens (including phenoxy) is 1. The van der Waals surface area contributed by atoms with Gasteiger partial charge in [0.1, 0.15) is 5.75 Å². The van der Waals surface area contributed by atoms with Crippen LogP contribution in [0, 0.1) is 13.8 Å². The number of Topliss-reactive ketones (excluding diaryl/α,β-unsaturated/α-hetero) is 1. The van der Waals surface area contributed by atoms with E-state index in [4.69, 9.17) is 16.3 Å². The van der Waals surface area contributed by atoms with Gasteiger partial charge in [0.25, 0.3) is 11.7 Å². The van der Waals surface area contributed by atoms with Gasteiger partial charge in [0, 0.05) is 11.6 Å². The van der Waals surface area contributed by atoms with Crippen LogP contribution < -0.4 is 9.64 Å². The fourth-order valence-corrected chi connectivity index (χ4v) is 3.10. The molecule has 2 aromatic carbocycles. The highest BCUT2D eigenvalue weighted by molar-refractivity contribution is 6.52. The molecule has 1 heterocycles. The highest BCUT2D eigenvalue weighted by Crippen LogP contribution is 2.31. The Bertz CT molecular complexity index is 796. The topological polar surface area (TPSA) is 46.6 Å². The number of nitrogens with zero attached hydrogens (tertiary/aromatic N) is 1. The third-order valence-corrected chi connectivity index (χ3v) is 4.16. The van der Waals surface area contributed by atoms with Gasteiger partial charge in [-0.15, -0.1) is 0 Å². The molecule has 0 fully saturated rings. The van der Waals surface area contributed by atoms with E-state index < -0.39 is 11.7 Å². The number of hydrogen-bond acceptors (Lipinski definition) is 3. The van der Waals surface area contributed by atoms with Crippen LogP contribution in [-0.2, 0) is 4.79 Å². The number of rotatable bonds is 5. The summed E-state index contributed by atoms with van der Waals surface area (Å²) < 4.78 is 5.75. The summed E-state index contributed by atoms with van der Waals surface area (Å²) in [6, 6.07) is 11.0. The summed E-state index contributed by atoms with van der Waals surface area (Å²) >= 11 is 5.90. The number of ketones is 1. The fraction of sp³-hybridized carbons (Fsp3) is 0.263.